The number of sulfonamides is 1. The van der Waals surface area contributed by atoms with Crippen LogP contribution in [-0.4, -0.2) is 42.6 Å². The van der Waals surface area contributed by atoms with Gasteiger partial charge in [-0.25, -0.2) is 12.7 Å². The van der Waals surface area contributed by atoms with Crippen LogP contribution >= 0.6 is 0 Å². The van der Waals surface area contributed by atoms with Crippen LogP contribution in [0.3, 0.4) is 0 Å². The molecule has 0 spiro atoms. The SMILES string of the molecule is CN(C1CCCCC1)S(=O)(=O)CCCC(=O)O. The first-order chi connectivity index (χ1) is 7.93. The molecule has 1 saturated carbocycles. The van der Waals surface area contributed by atoms with E-state index < -0.39 is 16.0 Å². The Morgan fingerprint density at radius 1 is 1.29 bits per heavy atom. The van der Waals surface area contributed by atoms with E-state index in [-0.39, 0.29) is 24.6 Å². The van der Waals surface area contributed by atoms with Gasteiger partial charge in [0.1, 0.15) is 0 Å². The zero-order valence-electron chi connectivity index (χ0n) is 10.3. The highest BCUT2D eigenvalue weighted by molar-refractivity contribution is 7.89. The Morgan fingerprint density at radius 3 is 2.41 bits per heavy atom. The van der Waals surface area contributed by atoms with E-state index in [2.05, 4.69) is 0 Å². The Hall–Kier alpha value is -0.620. The molecule has 6 heteroatoms. The van der Waals surface area contributed by atoms with Gasteiger partial charge in [0.05, 0.1) is 5.75 Å². The molecule has 17 heavy (non-hydrogen) atoms. The molecule has 0 aromatic rings. The zero-order chi connectivity index (χ0) is 12.9. The zero-order valence-corrected chi connectivity index (χ0v) is 11.1. The van der Waals surface area contributed by atoms with Gasteiger partial charge in [0.25, 0.3) is 0 Å². The molecular formula is C11H21NO4S. The van der Waals surface area contributed by atoms with Crippen LogP contribution in [0.25, 0.3) is 0 Å². The number of carboxylic acids is 1. The van der Waals surface area contributed by atoms with Gasteiger partial charge in [0, 0.05) is 19.5 Å². The summed E-state index contributed by atoms with van der Waals surface area (Å²) in [5, 5.41) is 8.49. The molecule has 1 fully saturated rings. The summed E-state index contributed by atoms with van der Waals surface area (Å²) in [6.07, 6.45) is 5.30. The summed E-state index contributed by atoms with van der Waals surface area (Å²) in [5.74, 6) is -1.01. The van der Waals surface area contributed by atoms with E-state index in [1.54, 1.807) is 7.05 Å². The van der Waals surface area contributed by atoms with Crippen LogP contribution in [0.15, 0.2) is 0 Å². The number of hydrogen-bond acceptors (Lipinski definition) is 3. The van der Waals surface area contributed by atoms with Crippen molar-refractivity contribution in [1.82, 2.24) is 4.31 Å². The number of nitrogens with zero attached hydrogens (tertiary/aromatic N) is 1. The lowest BCUT2D eigenvalue weighted by molar-refractivity contribution is -0.137. The minimum Gasteiger partial charge on any atom is -0.481 e. The third-order valence-electron chi connectivity index (χ3n) is 3.32. The van der Waals surface area contributed by atoms with Gasteiger partial charge in [-0.05, 0) is 19.3 Å². The molecule has 0 atom stereocenters. The Morgan fingerprint density at radius 2 is 1.88 bits per heavy atom. The largest absolute Gasteiger partial charge is 0.481 e. The Labute approximate surface area is 103 Å². The van der Waals surface area contributed by atoms with Gasteiger partial charge in [0.2, 0.25) is 10.0 Å². The summed E-state index contributed by atoms with van der Waals surface area (Å²) in [6, 6.07) is 0.110. The van der Waals surface area contributed by atoms with Crippen LogP contribution in [0.5, 0.6) is 0 Å². The average Bonchev–Trinajstić information content (AvgIpc) is 2.28. The van der Waals surface area contributed by atoms with E-state index >= 15 is 0 Å². The molecule has 0 amide bonds. The molecule has 1 N–H and O–H groups in total. The van der Waals surface area contributed by atoms with Gasteiger partial charge in [0.15, 0.2) is 0 Å². The van der Waals surface area contributed by atoms with Crippen molar-refractivity contribution < 1.29 is 18.3 Å². The predicted octanol–water partition coefficient (Wildman–Crippen LogP) is 1.45. The van der Waals surface area contributed by atoms with Crippen molar-refractivity contribution in [2.24, 2.45) is 0 Å². The molecule has 0 radical (unpaired) electrons. The van der Waals surface area contributed by atoms with Gasteiger partial charge in [-0.15, -0.1) is 0 Å². The molecule has 0 bridgehead atoms. The molecule has 1 aliphatic carbocycles. The molecule has 0 saturated heterocycles. The Kier molecular flexibility index (Phi) is 5.39. The maximum absolute atomic E-state index is 11.9. The smallest absolute Gasteiger partial charge is 0.303 e. The predicted molar refractivity (Wildman–Crippen MR) is 65.3 cm³/mol. The minimum absolute atomic E-state index is 0.0632. The number of aliphatic carboxylic acids is 1. The maximum Gasteiger partial charge on any atom is 0.303 e. The van der Waals surface area contributed by atoms with Gasteiger partial charge >= 0.3 is 5.97 Å². The fraction of sp³-hybridized carbons (Fsp3) is 0.909. The maximum atomic E-state index is 11.9. The van der Waals surface area contributed by atoms with Crippen molar-refractivity contribution in [2.45, 2.75) is 51.0 Å². The van der Waals surface area contributed by atoms with Crippen LogP contribution < -0.4 is 0 Å². The molecule has 0 heterocycles. The van der Waals surface area contributed by atoms with Crippen molar-refractivity contribution in [3.63, 3.8) is 0 Å². The summed E-state index contributed by atoms with van der Waals surface area (Å²) in [6.45, 7) is 0. The van der Waals surface area contributed by atoms with Crippen LogP contribution in [0.1, 0.15) is 44.9 Å². The number of carbonyl (C=O) groups is 1. The fourth-order valence-electron chi connectivity index (χ4n) is 2.22. The topological polar surface area (TPSA) is 74.7 Å². The van der Waals surface area contributed by atoms with Gasteiger partial charge < -0.3 is 5.11 Å². The fourth-order valence-corrected chi connectivity index (χ4v) is 3.68. The molecule has 0 aromatic carbocycles. The molecular weight excluding hydrogens is 242 g/mol. The van der Waals surface area contributed by atoms with E-state index in [0.717, 1.165) is 25.7 Å². The molecule has 0 aliphatic heterocycles. The first kappa shape index (κ1) is 14.4. The lowest BCUT2D eigenvalue weighted by atomic mass is 9.96. The minimum atomic E-state index is -3.29. The molecule has 0 aromatic heterocycles. The summed E-state index contributed by atoms with van der Waals surface area (Å²) < 4.78 is 25.3. The first-order valence-electron chi connectivity index (χ1n) is 6.11. The lowest BCUT2D eigenvalue weighted by Crippen LogP contribution is -2.39. The summed E-state index contributed by atoms with van der Waals surface area (Å²) in [4.78, 5) is 10.3. The molecule has 100 valence electrons. The lowest BCUT2D eigenvalue weighted by Gasteiger charge is -2.30. The normalized spacial score (nSPS) is 18.5. The second kappa shape index (κ2) is 6.35. The Balaban J connectivity index is 2.47. The highest BCUT2D eigenvalue weighted by Gasteiger charge is 2.27. The van der Waals surface area contributed by atoms with Crippen molar-refractivity contribution in [3.05, 3.63) is 0 Å². The number of rotatable bonds is 6. The van der Waals surface area contributed by atoms with Crippen LogP contribution in [0.4, 0.5) is 0 Å². The average molecular weight is 263 g/mol. The van der Waals surface area contributed by atoms with Crippen LogP contribution in [-0.2, 0) is 14.8 Å². The van der Waals surface area contributed by atoms with Gasteiger partial charge in [-0.3, -0.25) is 4.79 Å². The van der Waals surface area contributed by atoms with Crippen molar-refractivity contribution in [3.8, 4) is 0 Å². The highest BCUT2D eigenvalue weighted by Crippen LogP contribution is 2.23. The van der Waals surface area contributed by atoms with Gasteiger partial charge in [-0.2, -0.15) is 0 Å². The van der Waals surface area contributed by atoms with Crippen molar-refractivity contribution in [2.75, 3.05) is 12.8 Å². The van der Waals surface area contributed by atoms with Gasteiger partial charge in [-0.1, -0.05) is 19.3 Å². The van der Waals surface area contributed by atoms with E-state index in [1.807, 2.05) is 0 Å². The second-order valence-electron chi connectivity index (χ2n) is 4.62. The summed E-state index contributed by atoms with van der Waals surface area (Å²) in [7, 11) is -1.67. The molecule has 1 aliphatic rings. The van der Waals surface area contributed by atoms with E-state index in [9.17, 15) is 13.2 Å². The first-order valence-corrected chi connectivity index (χ1v) is 7.72. The summed E-state index contributed by atoms with van der Waals surface area (Å²) in [5.41, 5.74) is 0. The number of hydrogen-bond donors (Lipinski definition) is 1. The quantitative estimate of drug-likeness (QED) is 0.787. The summed E-state index contributed by atoms with van der Waals surface area (Å²) >= 11 is 0. The molecule has 5 nitrogen and oxygen atoms in total. The second-order valence-corrected chi connectivity index (χ2v) is 6.77. The van der Waals surface area contributed by atoms with Crippen molar-refractivity contribution >= 4 is 16.0 Å². The molecule has 0 unspecified atom stereocenters. The standard InChI is InChI=1S/C11H21NO4S/c1-12(10-6-3-2-4-7-10)17(15,16)9-5-8-11(13)14/h10H,2-9H2,1H3,(H,13,14). The van der Waals surface area contributed by atoms with Crippen LogP contribution in [0.2, 0.25) is 0 Å². The van der Waals surface area contributed by atoms with E-state index in [0.29, 0.717) is 0 Å². The number of carboxylic acid groups (broad SMARTS) is 1. The molecule has 1 rings (SSSR count). The Bertz CT molecular complexity index is 346. The highest BCUT2D eigenvalue weighted by atomic mass is 32.2. The van der Waals surface area contributed by atoms with E-state index in [4.69, 9.17) is 5.11 Å². The third kappa shape index (κ3) is 4.63. The third-order valence-corrected chi connectivity index (χ3v) is 5.30. The monoisotopic (exact) mass is 263 g/mol. The van der Waals surface area contributed by atoms with Crippen molar-refractivity contribution in [1.29, 1.82) is 0 Å². The van der Waals surface area contributed by atoms with E-state index in [1.165, 1.54) is 10.7 Å². The van der Waals surface area contributed by atoms with Crippen LogP contribution in [0, 0.1) is 0 Å².